The number of carbonyl (C=O) groups excluding carboxylic acids is 2. The molecule has 8 heteroatoms. The summed E-state index contributed by atoms with van der Waals surface area (Å²) in [5.41, 5.74) is 0.0767. The number of amides is 2. The molecule has 3 atom stereocenters. The maximum absolute atomic E-state index is 12.8. The minimum atomic E-state index is -0.951. The fraction of sp³-hybridized carbons (Fsp3) is 0.526. The minimum absolute atomic E-state index is 0.0369. The summed E-state index contributed by atoms with van der Waals surface area (Å²) in [6, 6.07) is 9.02. The summed E-state index contributed by atoms with van der Waals surface area (Å²) in [5.74, 6) is -2.66. The number of alkyl carbamates (subject to hydrolysis) is 1. The number of hydrogen-bond donors (Lipinski definition) is 4. The second kappa shape index (κ2) is 8.85. The first kappa shape index (κ1) is 20.7. The van der Waals surface area contributed by atoms with E-state index in [-0.39, 0.29) is 12.5 Å². The van der Waals surface area contributed by atoms with Gasteiger partial charge in [0.25, 0.3) is 0 Å². The summed E-state index contributed by atoms with van der Waals surface area (Å²) < 4.78 is 5.21. The van der Waals surface area contributed by atoms with Crippen LogP contribution in [-0.2, 0) is 14.3 Å². The largest absolute Gasteiger partial charge is 0.481 e. The minimum Gasteiger partial charge on any atom is -0.481 e. The number of carboxylic acid groups (broad SMARTS) is 1. The highest BCUT2D eigenvalue weighted by molar-refractivity contribution is 5.85. The molecule has 0 radical (unpaired) electrons. The summed E-state index contributed by atoms with van der Waals surface area (Å²) in [6.45, 7) is 5.83. The highest BCUT2D eigenvalue weighted by Gasteiger charge is 2.35. The molecule has 1 aliphatic rings. The molecule has 2 rings (SSSR count). The predicted molar refractivity (Wildman–Crippen MR) is 99.1 cm³/mol. The summed E-state index contributed by atoms with van der Waals surface area (Å²) in [4.78, 5) is 36.1. The molecule has 0 spiro atoms. The average Bonchev–Trinajstić information content (AvgIpc) is 3.02. The molecule has 1 saturated heterocycles. The predicted octanol–water partition coefficient (Wildman–Crippen LogP) is 1.43. The summed E-state index contributed by atoms with van der Waals surface area (Å²) >= 11 is 0. The van der Waals surface area contributed by atoms with Crippen molar-refractivity contribution in [2.75, 3.05) is 13.1 Å². The maximum Gasteiger partial charge on any atom is 0.407 e. The molecule has 0 aliphatic carbocycles. The van der Waals surface area contributed by atoms with Gasteiger partial charge in [-0.05, 0) is 39.3 Å². The first-order valence-corrected chi connectivity index (χ1v) is 8.96. The van der Waals surface area contributed by atoms with Gasteiger partial charge in [-0.1, -0.05) is 30.3 Å². The molecule has 3 unspecified atom stereocenters. The van der Waals surface area contributed by atoms with E-state index in [1.807, 2.05) is 6.07 Å². The fourth-order valence-corrected chi connectivity index (χ4v) is 2.92. The number of carboxylic acids is 1. The molecule has 1 fully saturated rings. The second-order valence-electron chi connectivity index (χ2n) is 7.52. The van der Waals surface area contributed by atoms with Crippen molar-refractivity contribution < 1.29 is 24.2 Å². The van der Waals surface area contributed by atoms with Gasteiger partial charge in [0, 0.05) is 6.54 Å². The van der Waals surface area contributed by atoms with E-state index in [0.717, 1.165) is 5.56 Å². The van der Waals surface area contributed by atoms with Crippen LogP contribution >= 0.6 is 0 Å². The monoisotopic (exact) mass is 377 g/mol. The highest BCUT2D eigenvalue weighted by Crippen LogP contribution is 2.19. The lowest BCUT2D eigenvalue weighted by Gasteiger charge is -2.24. The van der Waals surface area contributed by atoms with Crippen molar-refractivity contribution >= 4 is 18.0 Å². The lowest BCUT2D eigenvalue weighted by atomic mass is 9.97. The van der Waals surface area contributed by atoms with Crippen LogP contribution in [0.2, 0.25) is 0 Å². The first-order valence-electron chi connectivity index (χ1n) is 8.96. The normalized spacial score (nSPS) is 20.6. The molecule has 1 aromatic carbocycles. The Labute approximate surface area is 158 Å². The van der Waals surface area contributed by atoms with Crippen molar-refractivity contribution in [3.63, 3.8) is 0 Å². The Morgan fingerprint density at radius 1 is 1.26 bits per heavy atom. The van der Waals surface area contributed by atoms with Crippen molar-refractivity contribution in [3.8, 4) is 0 Å². The summed E-state index contributed by atoms with van der Waals surface area (Å²) in [6.07, 6.45) is -0.798. The van der Waals surface area contributed by atoms with Crippen LogP contribution in [0.3, 0.4) is 0 Å². The number of carbonyl (C=O) groups is 3. The SMILES string of the molecule is CC(C)(C)OC(=O)NCC(C(=O)NC1NCCC1C(=O)O)c1ccccc1. The van der Waals surface area contributed by atoms with Crippen LogP contribution in [0.25, 0.3) is 0 Å². The van der Waals surface area contributed by atoms with Crippen LogP contribution < -0.4 is 16.0 Å². The van der Waals surface area contributed by atoms with Crippen molar-refractivity contribution in [2.45, 2.75) is 44.9 Å². The lowest BCUT2D eigenvalue weighted by molar-refractivity contribution is -0.142. The molecule has 1 aliphatic heterocycles. The third-order valence-corrected chi connectivity index (χ3v) is 4.20. The Kier molecular flexibility index (Phi) is 6.79. The number of benzene rings is 1. The van der Waals surface area contributed by atoms with Gasteiger partial charge in [0.2, 0.25) is 5.91 Å². The van der Waals surface area contributed by atoms with E-state index in [2.05, 4.69) is 16.0 Å². The van der Waals surface area contributed by atoms with Gasteiger partial charge in [-0.25, -0.2) is 4.79 Å². The van der Waals surface area contributed by atoms with E-state index in [0.29, 0.717) is 13.0 Å². The van der Waals surface area contributed by atoms with Gasteiger partial charge in [0.05, 0.1) is 18.0 Å². The molecule has 1 heterocycles. The van der Waals surface area contributed by atoms with E-state index in [4.69, 9.17) is 4.74 Å². The molecular weight excluding hydrogens is 350 g/mol. The number of ether oxygens (including phenoxy) is 1. The Morgan fingerprint density at radius 3 is 2.52 bits per heavy atom. The summed E-state index contributed by atoms with van der Waals surface area (Å²) in [7, 11) is 0. The van der Waals surface area contributed by atoms with Crippen molar-refractivity contribution in [1.29, 1.82) is 0 Å². The number of nitrogens with one attached hydrogen (secondary N) is 3. The van der Waals surface area contributed by atoms with Crippen LogP contribution in [0.4, 0.5) is 4.79 Å². The number of aliphatic carboxylic acids is 1. The zero-order valence-corrected chi connectivity index (χ0v) is 15.8. The maximum atomic E-state index is 12.8. The van der Waals surface area contributed by atoms with E-state index in [1.54, 1.807) is 45.0 Å². The molecule has 27 heavy (non-hydrogen) atoms. The average molecular weight is 377 g/mol. The van der Waals surface area contributed by atoms with Crippen LogP contribution in [0.15, 0.2) is 30.3 Å². The van der Waals surface area contributed by atoms with Gasteiger partial charge in [-0.3, -0.25) is 14.9 Å². The van der Waals surface area contributed by atoms with Crippen LogP contribution in [0, 0.1) is 5.92 Å². The van der Waals surface area contributed by atoms with Crippen molar-refractivity contribution in [2.24, 2.45) is 5.92 Å². The van der Waals surface area contributed by atoms with Gasteiger partial charge in [0.15, 0.2) is 0 Å². The van der Waals surface area contributed by atoms with E-state index < -0.39 is 35.7 Å². The van der Waals surface area contributed by atoms with E-state index >= 15 is 0 Å². The molecule has 4 N–H and O–H groups in total. The molecule has 0 saturated carbocycles. The fourth-order valence-electron chi connectivity index (χ4n) is 2.92. The van der Waals surface area contributed by atoms with E-state index in [1.165, 1.54) is 0 Å². The molecular formula is C19H27N3O5. The zero-order valence-electron chi connectivity index (χ0n) is 15.8. The van der Waals surface area contributed by atoms with E-state index in [9.17, 15) is 19.5 Å². The van der Waals surface area contributed by atoms with Gasteiger partial charge >= 0.3 is 12.1 Å². The van der Waals surface area contributed by atoms with Gasteiger partial charge < -0.3 is 20.5 Å². The van der Waals surface area contributed by atoms with Gasteiger partial charge in [-0.2, -0.15) is 0 Å². The zero-order chi connectivity index (χ0) is 20.0. The van der Waals surface area contributed by atoms with Crippen LogP contribution in [0.1, 0.15) is 38.7 Å². The lowest BCUT2D eigenvalue weighted by Crippen LogP contribution is -2.50. The molecule has 8 nitrogen and oxygen atoms in total. The van der Waals surface area contributed by atoms with Crippen LogP contribution in [-0.4, -0.2) is 47.9 Å². The van der Waals surface area contributed by atoms with Crippen molar-refractivity contribution in [1.82, 2.24) is 16.0 Å². The molecule has 2 amide bonds. The third kappa shape index (κ3) is 6.25. The Balaban J connectivity index is 2.07. The standard InChI is InChI=1S/C19H27N3O5/c1-19(2,3)27-18(26)21-11-14(12-7-5-4-6-8-12)16(23)22-15-13(17(24)25)9-10-20-15/h4-8,13-15,20H,9-11H2,1-3H3,(H,21,26)(H,22,23)(H,24,25). The number of rotatable bonds is 6. The third-order valence-electron chi connectivity index (χ3n) is 4.20. The molecule has 0 bridgehead atoms. The van der Waals surface area contributed by atoms with Crippen LogP contribution in [0.5, 0.6) is 0 Å². The van der Waals surface area contributed by atoms with Gasteiger partial charge in [0.1, 0.15) is 5.60 Å². The number of hydrogen-bond acceptors (Lipinski definition) is 5. The second-order valence-corrected chi connectivity index (χ2v) is 7.52. The molecule has 148 valence electrons. The smallest absolute Gasteiger partial charge is 0.407 e. The Morgan fingerprint density at radius 2 is 1.93 bits per heavy atom. The topological polar surface area (TPSA) is 117 Å². The Hall–Kier alpha value is -2.61. The molecule has 1 aromatic rings. The van der Waals surface area contributed by atoms with Gasteiger partial charge in [-0.15, -0.1) is 0 Å². The van der Waals surface area contributed by atoms with Crippen molar-refractivity contribution in [3.05, 3.63) is 35.9 Å². The molecule has 0 aromatic heterocycles. The quantitative estimate of drug-likeness (QED) is 0.596. The first-order chi connectivity index (χ1) is 12.7. The Bertz CT molecular complexity index is 672. The highest BCUT2D eigenvalue weighted by atomic mass is 16.6. The summed E-state index contributed by atoms with van der Waals surface area (Å²) in [5, 5.41) is 17.6.